The van der Waals surface area contributed by atoms with Crippen molar-refractivity contribution in [1.82, 2.24) is 58.6 Å². The van der Waals surface area contributed by atoms with Crippen molar-refractivity contribution in [3.63, 3.8) is 0 Å². The van der Waals surface area contributed by atoms with Crippen LogP contribution in [0.25, 0.3) is 282 Å². The lowest BCUT2D eigenvalue weighted by Crippen LogP contribution is -2.00. The van der Waals surface area contributed by atoms with Crippen molar-refractivity contribution in [1.29, 1.82) is 0 Å². The maximum Gasteiger partial charge on any atom is 0.164 e. The highest BCUT2D eigenvalue weighted by Gasteiger charge is 2.29. The number of aromatic nitrogens is 12. The van der Waals surface area contributed by atoms with Crippen LogP contribution in [0.15, 0.2) is 487 Å². The van der Waals surface area contributed by atoms with Gasteiger partial charge in [-0.1, -0.05) is 279 Å². The zero-order valence-corrected chi connectivity index (χ0v) is 77.1. The van der Waals surface area contributed by atoms with Crippen LogP contribution in [0.1, 0.15) is 0 Å². The fourth-order valence-corrected chi connectivity index (χ4v) is 21.5. The number of pyridine rings is 6. The van der Waals surface area contributed by atoms with Crippen LogP contribution in [0.3, 0.4) is 0 Å². The zero-order chi connectivity index (χ0) is 94.8. The highest BCUT2D eigenvalue weighted by atomic mass is 16.3. The molecule has 13 aromatic heterocycles. The fraction of sp³-hybridized carbons (Fsp3) is 0. The van der Waals surface area contributed by atoms with E-state index >= 15 is 0 Å². The van der Waals surface area contributed by atoms with E-state index in [9.17, 15) is 0 Å². The minimum atomic E-state index is 0.627. The van der Waals surface area contributed by atoms with Gasteiger partial charge in [-0.05, 0) is 212 Å². The molecule has 17 aromatic carbocycles. The SMILES string of the molecule is c1ccc(-c2cc(-c3ccc(-n4c5ccccc5c5c6ccccc6c6c7ccccc7oc6c54)cc3)cc(-c3ccccn3)n2)nc1.c1ccc(-c2nc(-c3ccccc3)nc(-c3ccc(-n4c5ccccc5c5c6ccccc6c6c7ccccc7oc6c54)cc3)n2)cc1.c1cncc(-c2cc(-c3ccc(-n4c5ccccc5c5c6ccccc6c6c7ccccc7oc6c54)cc3)cc(-c3cccnc3)n2)c1. The number of hydrogen-bond donors (Lipinski definition) is 0. The molecule has 0 aliphatic heterocycles. The molecule has 15 heteroatoms. The van der Waals surface area contributed by atoms with Crippen LogP contribution in [0.4, 0.5) is 0 Å². The first kappa shape index (κ1) is 82.5. The first-order valence-electron chi connectivity index (χ1n) is 48.1. The molecular weight excluding hydrogens is 1770 g/mol. The molecule has 30 rings (SSSR count). The monoisotopic (exact) mass is 1840 g/mol. The maximum atomic E-state index is 6.73. The fourth-order valence-electron chi connectivity index (χ4n) is 21.5. The molecule has 0 radical (unpaired) electrons. The standard InChI is InChI=1S/3C43H26N4O/c1-3-13-27(14-4-1)41-44-42(28-15-5-2-6-16-28)46-43(45-41)29-23-25-30(26-24-29)47-35-21-11-9-19-33(35)37-31-17-7-8-18-32(31)38-34-20-10-12-22-36(34)48-40(38)39(37)47;1-2-12-31-30(11-1)40-32-13-3-5-17-38(32)47(42(40)43-41(31)33-14-4-6-18-39(33)48-43)29-21-19-27(20-22-29)28-25-36(34-15-7-9-23-44-34)46-37(26-28)35-16-8-10-24-45-35;1-2-12-33-32(11-1)40-34-13-3-5-15-38(34)47(42(40)43-41(33)35-14-4-6-16-39(35)48-43)31-19-17-27(18-20-31)30-23-36(28-9-7-21-44-25-28)46-37(24-30)29-10-8-22-45-26-29/h3*1-26H. The van der Waals surface area contributed by atoms with E-state index in [0.717, 1.165) is 200 Å². The highest BCUT2D eigenvalue weighted by Crippen LogP contribution is 2.51. The van der Waals surface area contributed by atoms with Gasteiger partial charge in [-0.15, -0.1) is 0 Å². The van der Waals surface area contributed by atoms with E-state index in [-0.39, 0.29) is 0 Å². The Balaban J connectivity index is 0.000000105. The van der Waals surface area contributed by atoms with Gasteiger partial charge in [0, 0.05) is 147 Å². The summed E-state index contributed by atoms with van der Waals surface area (Å²) >= 11 is 0. The Morgan fingerprint density at radius 1 is 0.174 bits per heavy atom. The van der Waals surface area contributed by atoms with Crippen LogP contribution in [0, 0.1) is 0 Å². The summed E-state index contributed by atoms with van der Waals surface area (Å²) < 4.78 is 27.2. The summed E-state index contributed by atoms with van der Waals surface area (Å²) in [5, 5.41) is 21.3. The number of benzene rings is 17. The predicted molar refractivity (Wildman–Crippen MR) is 586 cm³/mol. The Kier molecular flexibility index (Phi) is 19.6. The Bertz CT molecular complexity index is 9210. The van der Waals surface area contributed by atoms with E-state index in [1.54, 1.807) is 24.8 Å². The molecule has 144 heavy (non-hydrogen) atoms. The minimum Gasteiger partial charge on any atom is -0.454 e. The normalized spacial score (nSPS) is 11.8. The largest absolute Gasteiger partial charge is 0.454 e. The number of nitrogens with zero attached hydrogens (tertiary/aromatic N) is 12. The van der Waals surface area contributed by atoms with E-state index in [1.807, 2.05) is 152 Å². The summed E-state index contributed by atoms with van der Waals surface area (Å²) in [6.07, 6.45) is 10.9. The van der Waals surface area contributed by atoms with Crippen molar-refractivity contribution in [3.8, 4) is 119 Å². The van der Waals surface area contributed by atoms with Crippen LogP contribution in [-0.2, 0) is 0 Å². The number of rotatable bonds is 12. The second-order valence-corrected chi connectivity index (χ2v) is 36.1. The van der Waals surface area contributed by atoms with Crippen molar-refractivity contribution in [2.75, 3.05) is 0 Å². The summed E-state index contributed by atoms with van der Waals surface area (Å²) in [7, 11) is 0. The van der Waals surface area contributed by atoms with Crippen molar-refractivity contribution in [2.24, 2.45) is 0 Å². The molecule has 0 saturated heterocycles. The van der Waals surface area contributed by atoms with Gasteiger partial charge in [-0.2, -0.15) is 0 Å². The van der Waals surface area contributed by atoms with Crippen LogP contribution in [0.2, 0.25) is 0 Å². The maximum absolute atomic E-state index is 6.73. The molecule has 0 bridgehead atoms. The summed E-state index contributed by atoms with van der Waals surface area (Å²) in [4.78, 5) is 42.6. The molecule has 0 spiro atoms. The average molecular weight is 1840 g/mol. The molecular formula is C129H78N12O3. The van der Waals surface area contributed by atoms with Gasteiger partial charge in [0.05, 0.1) is 67.3 Å². The summed E-state index contributed by atoms with van der Waals surface area (Å²) in [5.74, 6) is 1.91. The van der Waals surface area contributed by atoms with Gasteiger partial charge in [-0.25, -0.2) is 24.9 Å². The van der Waals surface area contributed by atoms with Gasteiger partial charge in [0.1, 0.15) is 16.7 Å². The lowest BCUT2D eigenvalue weighted by atomic mass is 9.99. The van der Waals surface area contributed by atoms with Gasteiger partial charge >= 0.3 is 0 Å². The molecule has 13 heterocycles. The van der Waals surface area contributed by atoms with E-state index < -0.39 is 0 Å². The molecule has 30 aromatic rings. The quantitative estimate of drug-likeness (QED) is 0.114. The van der Waals surface area contributed by atoms with Gasteiger partial charge in [-0.3, -0.25) is 19.9 Å². The average Bonchev–Trinajstić information content (AvgIpc) is 1.55. The highest BCUT2D eigenvalue weighted by molar-refractivity contribution is 6.38. The van der Waals surface area contributed by atoms with Crippen LogP contribution >= 0.6 is 0 Å². The van der Waals surface area contributed by atoms with E-state index in [2.05, 4.69) is 331 Å². The summed E-state index contributed by atoms with van der Waals surface area (Å²) in [6, 6.07) is 151. The number of hydrogen-bond acceptors (Lipinski definition) is 12. The van der Waals surface area contributed by atoms with E-state index in [1.165, 1.54) is 64.6 Å². The third-order valence-corrected chi connectivity index (χ3v) is 27.9. The molecule has 0 saturated carbocycles. The van der Waals surface area contributed by atoms with Crippen molar-refractivity contribution < 1.29 is 13.3 Å². The summed E-state index contributed by atoms with van der Waals surface area (Å²) in [6.45, 7) is 0. The lowest BCUT2D eigenvalue weighted by Gasteiger charge is -2.12. The Hall–Kier alpha value is -19.8. The van der Waals surface area contributed by atoms with Crippen molar-refractivity contribution in [3.05, 3.63) is 474 Å². The molecule has 0 unspecified atom stereocenters. The topological polar surface area (TPSA) is 170 Å². The molecule has 0 aliphatic rings. The lowest BCUT2D eigenvalue weighted by molar-refractivity contribution is 0.671. The van der Waals surface area contributed by atoms with Crippen LogP contribution in [0.5, 0.6) is 0 Å². The number of furan rings is 3. The number of fused-ring (bicyclic) bond motifs is 30. The van der Waals surface area contributed by atoms with E-state index in [0.29, 0.717) is 17.5 Å². The zero-order valence-electron chi connectivity index (χ0n) is 77.1. The summed E-state index contributed by atoms with van der Waals surface area (Å²) in [5.41, 5.74) is 29.1. The van der Waals surface area contributed by atoms with Crippen molar-refractivity contribution in [2.45, 2.75) is 0 Å². The van der Waals surface area contributed by atoms with Gasteiger partial charge in [0.25, 0.3) is 0 Å². The van der Waals surface area contributed by atoms with E-state index in [4.69, 9.17) is 38.2 Å². The smallest absolute Gasteiger partial charge is 0.164 e. The molecule has 0 atom stereocenters. The van der Waals surface area contributed by atoms with Crippen LogP contribution in [-0.4, -0.2) is 58.6 Å². The van der Waals surface area contributed by atoms with Crippen LogP contribution < -0.4 is 0 Å². The molecule has 0 N–H and O–H groups in total. The van der Waals surface area contributed by atoms with Gasteiger partial charge in [0.2, 0.25) is 0 Å². The third kappa shape index (κ3) is 13.8. The Morgan fingerprint density at radius 3 is 0.771 bits per heavy atom. The predicted octanol–water partition coefficient (Wildman–Crippen LogP) is 33.1. The Labute approximate surface area is 822 Å². The molecule has 0 fully saturated rings. The first-order chi connectivity index (χ1) is 71.4. The molecule has 0 aliphatic carbocycles. The van der Waals surface area contributed by atoms with Gasteiger partial charge < -0.3 is 27.0 Å². The second kappa shape index (κ2) is 34.1. The first-order valence-corrected chi connectivity index (χ1v) is 48.1. The molecule has 0 amide bonds. The van der Waals surface area contributed by atoms with Gasteiger partial charge in [0.15, 0.2) is 34.2 Å². The minimum absolute atomic E-state index is 0.627. The third-order valence-electron chi connectivity index (χ3n) is 27.9. The molecule has 15 nitrogen and oxygen atoms in total. The Morgan fingerprint density at radius 2 is 0.444 bits per heavy atom. The second-order valence-electron chi connectivity index (χ2n) is 36.1. The van der Waals surface area contributed by atoms with Crippen molar-refractivity contribution >= 4 is 164 Å². The number of para-hydroxylation sites is 6. The molecule has 672 valence electrons.